The first-order chi connectivity index (χ1) is 14.8. The van der Waals surface area contributed by atoms with Crippen LogP contribution in [0.15, 0.2) is 42.5 Å². The van der Waals surface area contributed by atoms with Gasteiger partial charge >= 0.3 is 0 Å². The molecule has 0 bridgehead atoms. The SMILES string of the molecule is CCC(=O)c1ccc(OCC(=O)NCc2ccc(OCC(=O)N(C)C)c(OC)c2)cc1. The van der Waals surface area contributed by atoms with E-state index in [4.69, 9.17) is 14.2 Å². The number of ether oxygens (including phenoxy) is 3. The van der Waals surface area contributed by atoms with Gasteiger partial charge in [-0.2, -0.15) is 0 Å². The van der Waals surface area contributed by atoms with Crippen LogP contribution >= 0.6 is 0 Å². The van der Waals surface area contributed by atoms with E-state index in [-0.39, 0.29) is 37.4 Å². The van der Waals surface area contributed by atoms with Gasteiger partial charge in [-0.05, 0) is 42.0 Å². The second-order valence-electron chi connectivity index (χ2n) is 6.93. The number of benzene rings is 2. The van der Waals surface area contributed by atoms with Crippen molar-refractivity contribution in [2.24, 2.45) is 0 Å². The number of rotatable bonds is 11. The molecule has 0 aromatic heterocycles. The number of methoxy groups -OCH3 is 1. The molecular formula is C23H28N2O6. The molecule has 0 aliphatic rings. The van der Waals surface area contributed by atoms with Crippen LogP contribution in [0.25, 0.3) is 0 Å². The first kappa shape index (κ1) is 23.7. The highest BCUT2D eigenvalue weighted by Crippen LogP contribution is 2.28. The number of Topliss-reactive ketones (excluding diaryl/α,β-unsaturated/α-hetero) is 1. The first-order valence-electron chi connectivity index (χ1n) is 9.86. The third kappa shape index (κ3) is 7.33. The van der Waals surface area contributed by atoms with Gasteiger partial charge in [-0.25, -0.2) is 0 Å². The summed E-state index contributed by atoms with van der Waals surface area (Å²) < 4.78 is 16.3. The summed E-state index contributed by atoms with van der Waals surface area (Å²) >= 11 is 0. The van der Waals surface area contributed by atoms with E-state index in [0.717, 1.165) is 5.56 Å². The van der Waals surface area contributed by atoms with Crippen LogP contribution in [-0.2, 0) is 16.1 Å². The Morgan fingerprint density at radius 2 is 1.65 bits per heavy atom. The Bertz CT molecular complexity index is 909. The van der Waals surface area contributed by atoms with Crippen molar-refractivity contribution in [1.29, 1.82) is 0 Å². The molecule has 0 aliphatic carbocycles. The standard InChI is InChI=1S/C23H28N2O6/c1-5-19(26)17-7-9-18(10-8-17)30-14-22(27)24-13-16-6-11-20(21(12-16)29-4)31-15-23(28)25(2)3/h6-12H,5,13-15H2,1-4H3,(H,24,27). The molecule has 0 heterocycles. The summed E-state index contributed by atoms with van der Waals surface area (Å²) in [5.41, 5.74) is 1.42. The molecule has 166 valence electrons. The minimum Gasteiger partial charge on any atom is -0.493 e. The smallest absolute Gasteiger partial charge is 0.259 e. The monoisotopic (exact) mass is 428 g/mol. The highest BCUT2D eigenvalue weighted by atomic mass is 16.5. The van der Waals surface area contributed by atoms with E-state index in [1.165, 1.54) is 12.0 Å². The lowest BCUT2D eigenvalue weighted by Crippen LogP contribution is -2.28. The molecule has 8 heteroatoms. The largest absolute Gasteiger partial charge is 0.493 e. The number of hydrogen-bond donors (Lipinski definition) is 1. The summed E-state index contributed by atoms with van der Waals surface area (Å²) in [6, 6.07) is 11.9. The topological polar surface area (TPSA) is 94.2 Å². The fourth-order valence-electron chi connectivity index (χ4n) is 2.55. The molecule has 8 nitrogen and oxygen atoms in total. The summed E-state index contributed by atoms with van der Waals surface area (Å²) in [4.78, 5) is 36.8. The van der Waals surface area contributed by atoms with Crippen molar-refractivity contribution < 1.29 is 28.6 Å². The van der Waals surface area contributed by atoms with E-state index in [2.05, 4.69) is 5.32 Å². The lowest BCUT2D eigenvalue weighted by molar-refractivity contribution is -0.130. The van der Waals surface area contributed by atoms with Crippen LogP contribution in [0.4, 0.5) is 0 Å². The zero-order valence-electron chi connectivity index (χ0n) is 18.3. The Hall–Kier alpha value is -3.55. The molecule has 2 amide bonds. The molecule has 0 fully saturated rings. The van der Waals surface area contributed by atoms with Crippen LogP contribution in [-0.4, -0.2) is 56.9 Å². The average molecular weight is 428 g/mol. The molecule has 0 unspecified atom stereocenters. The second-order valence-corrected chi connectivity index (χ2v) is 6.93. The number of amides is 2. The second kappa shape index (κ2) is 11.6. The molecule has 0 radical (unpaired) electrons. The third-order valence-electron chi connectivity index (χ3n) is 4.44. The predicted molar refractivity (Wildman–Crippen MR) is 116 cm³/mol. The van der Waals surface area contributed by atoms with Gasteiger partial charge in [0.1, 0.15) is 5.75 Å². The molecule has 31 heavy (non-hydrogen) atoms. The van der Waals surface area contributed by atoms with E-state index >= 15 is 0 Å². The van der Waals surface area contributed by atoms with E-state index in [0.29, 0.717) is 29.2 Å². The number of likely N-dealkylation sites (N-methyl/N-ethyl adjacent to an activating group) is 1. The van der Waals surface area contributed by atoms with Gasteiger partial charge in [0.05, 0.1) is 7.11 Å². The Labute approximate surface area is 182 Å². The highest BCUT2D eigenvalue weighted by molar-refractivity contribution is 5.95. The number of nitrogens with one attached hydrogen (secondary N) is 1. The number of ketones is 1. The van der Waals surface area contributed by atoms with Crippen molar-refractivity contribution >= 4 is 17.6 Å². The molecule has 2 aromatic carbocycles. The Morgan fingerprint density at radius 3 is 2.26 bits per heavy atom. The van der Waals surface area contributed by atoms with Crippen LogP contribution in [0, 0.1) is 0 Å². The molecule has 0 spiro atoms. The van der Waals surface area contributed by atoms with Crippen molar-refractivity contribution in [3.63, 3.8) is 0 Å². The summed E-state index contributed by atoms with van der Waals surface area (Å²) in [6.07, 6.45) is 0.439. The number of carbonyl (C=O) groups excluding carboxylic acids is 3. The molecule has 0 atom stereocenters. The maximum absolute atomic E-state index is 12.1. The number of hydrogen-bond acceptors (Lipinski definition) is 6. The minimum atomic E-state index is -0.287. The normalized spacial score (nSPS) is 10.2. The molecule has 2 aromatic rings. The number of nitrogens with zero attached hydrogens (tertiary/aromatic N) is 1. The zero-order chi connectivity index (χ0) is 22.8. The van der Waals surface area contributed by atoms with Crippen LogP contribution in [0.5, 0.6) is 17.2 Å². The predicted octanol–water partition coefficient (Wildman–Crippen LogP) is 2.45. The van der Waals surface area contributed by atoms with Crippen LogP contribution < -0.4 is 19.5 Å². The Kier molecular flexibility index (Phi) is 8.87. The van der Waals surface area contributed by atoms with E-state index in [1.807, 2.05) is 0 Å². The van der Waals surface area contributed by atoms with Gasteiger partial charge in [0.25, 0.3) is 11.8 Å². The first-order valence-corrected chi connectivity index (χ1v) is 9.86. The fraction of sp³-hybridized carbons (Fsp3) is 0.348. The fourth-order valence-corrected chi connectivity index (χ4v) is 2.55. The molecule has 1 N–H and O–H groups in total. The summed E-state index contributed by atoms with van der Waals surface area (Å²) in [6.45, 7) is 1.84. The van der Waals surface area contributed by atoms with Gasteiger partial charge in [-0.15, -0.1) is 0 Å². The Balaban J connectivity index is 1.84. The molecular weight excluding hydrogens is 400 g/mol. The van der Waals surface area contributed by atoms with Gasteiger partial charge in [0, 0.05) is 32.6 Å². The van der Waals surface area contributed by atoms with Gasteiger partial charge < -0.3 is 24.4 Å². The number of carbonyl (C=O) groups is 3. The molecule has 0 saturated carbocycles. The van der Waals surface area contributed by atoms with Crippen molar-refractivity contribution in [2.45, 2.75) is 19.9 Å². The van der Waals surface area contributed by atoms with Crippen LogP contribution in [0.2, 0.25) is 0 Å². The maximum Gasteiger partial charge on any atom is 0.259 e. The van der Waals surface area contributed by atoms with E-state index in [1.54, 1.807) is 63.5 Å². The summed E-state index contributed by atoms with van der Waals surface area (Å²) in [5.74, 6) is 1.03. The van der Waals surface area contributed by atoms with Gasteiger partial charge in [0.2, 0.25) is 0 Å². The van der Waals surface area contributed by atoms with Crippen LogP contribution in [0.3, 0.4) is 0 Å². The zero-order valence-corrected chi connectivity index (χ0v) is 18.3. The lowest BCUT2D eigenvalue weighted by Gasteiger charge is -2.14. The highest BCUT2D eigenvalue weighted by Gasteiger charge is 2.11. The van der Waals surface area contributed by atoms with E-state index in [9.17, 15) is 14.4 Å². The van der Waals surface area contributed by atoms with Crippen LogP contribution in [0.1, 0.15) is 29.3 Å². The van der Waals surface area contributed by atoms with Gasteiger partial charge in [-0.3, -0.25) is 14.4 Å². The molecule has 0 aliphatic heterocycles. The van der Waals surface area contributed by atoms with Crippen molar-refractivity contribution in [3.05, 3.63) is 53.6 Å². The third-order valence-corrected chi connectivity index (χ3v) is 4.44. The van der Waals surface area contributed by atoms with E-state index < -0.39 is 0 Å². The van der Waals surface area contributed by atoms with Crippen molar-refractivity contribution in [1.82, 2.24) is 10.2 Å². The quantitative estimate of drug-likeness (QED) is 0.553. The summed E-state index contributed by atoms with van der Waals surface area (Å²) in [7, 11) is 4.81. The Morgan fingerprint density at radius 1 is 0.935 bits per heavy atom. The van der Waals surface area contributed by atoms with Gasteiger partial charge in [0.15, 0.2) is 30.5 Å². The molecule has 2 rings (SSSR count). The molecule has 0 saturated heterocycles. The van der Waals surface area contributed by atoms with Crippen molar-refractivity contribution in [2.75, 3.05) is 34.4 Å². The maximum atomic E-state index is 12.1. The summed E-state index contributed by atoms with van der Waals surface area (Å²) in [5, 5.41) is 2.77. The van der Waals surface area contributed by atoms with Gasteiger partial charge in [-0.1, -0.05) is 13.0 Å². The average Bonchev–Trinajstić information content (AvgIpc) is 2.79. The lowest BCUT2D eigenvalue weighted by atomic mass is 10.1. The van der Waals surface area contributed by atoms with Crippen molar-refractivity contribution in [3.8, 4) is 17.2 Å². The minimum absolute atomic E-state index is 0.0560.